The molecule has 0 aliphatic rings. The lowest BCUT2D eigenvalue weighted by molar-refractivity contribution is 0.0696. The van der Waals surface area contributed by atoms with Gasteiger partial charge in [0.1, 0.15) is 5.82 Å². The van der Waals surface area contributed by atoms with E-state index in [2.05, 4.69) is 15.3 Å². The minimum absolute atomic E-state index is 0.0620. The van der Waals surface area contributed by atoms with Crippen molar-refractivity contribution >= 4 is 23.4 Å². The van der Waals surface area contributed by atoms with Gasteiger partial charge in [0.05, 0.1) is 10.6 Å². The van der Waals surface area contributed by atoms with Crippen LogP contribution in [0.15, 0.2) is 36.8 Å². The number of nitrogens with zero attached hydrogens (tertiary/aromatic N) is 2. The molecular formula is C12H10ClN3O2. The minimum Gasteiger partial charge on any atom is -0.478 e. The molecule has 0 aromatic carbocycles. The van der Waals surface area contributed by atoms with Crippen LogP contribution in [0.25, 0.3) is 0 Å². The summed E-state index contributed by atoms with van der Waals surface area (Å²) in [5, 5.41) is 12.1. The number of anilines is 1. The molecule has 0 fully saturated rings. The molecule has 0 unspecified atom stereocenters. The topological polar surface area (TPSA) is 75.1 Å². The largest absolute Gasteiger partial charge is 0.478 e. The van der Waals surface area contributed by atoms with Crippen LogP contribution in [0.5, 0.6) is 0 Å². The first-order chi connectivity index (χ1) is 8.66. The van der Waals surface area contributed by atoms with Crippen LogP contribution in [0.1, 0.15) is 15.9 Å². The van der Waals surface area contributed by atoms with Crippen LogP contribution in [0.4, 0.5) is 5.82 Å². The lowest BCUT2D eigenvalue weighted by Crippen LogP contribution is -2.04. The van der Waals surface area contributed by atoms with Crippen LogP contribution in [-0.2, 0) is 6.54 Å². The maximum absolute atomic E-state index is 10.7. The van der Waals surface area contributed by atoms with E-state index < -0.39 is 5.97 Å². The molecule has 2 N–H and O–H groups in total. The van der Waals surface area contributed by atoms with Crippen molar-refractivity contribution in [3.05, 3.63) is 52.9 Å². The van der Waals surface area contributed by atoms with Crippen molar-refractivity contribution in [2.45, 2.75) is 6.54 Å². The van der Waals surface area contributed by atoms with Gasteiger partial charge in [0.15, 0.2) is 0 Å². The van der Waals surface area contributed by atoms with Gasteiger partial charge in [-0.05, 0) is 17.7 Å². The third-order valence-electron chi connectivity index (χ3n) is 2.27. The molecule has 0 aliphatic heterocycles. The molecule has 6 heteroatoms. The number of aromatic carboxylic acids is 1. The molecule has 0 saturated carbocycles. The fraction of sp³-hybridized carbons (Fsp3) is 0.0833. The summed E-state index contributed by atoms with van der Waals surface area (Å²) in [6, 6.07) is 5.11. The molecular weight excluding hydrogens is 254 g/mol. The highest BCUT2D eigenvalue weighted by Gasteiger charge is 2.08. The second-order valence-electron chi connectivity index (χ2n) is 3.57. The zero-order valence-electron chi connectivity index (χ0n) is 9.30. The van der Waals surface area contributed by atoms with Crippen LogP contribution in [0.2, 0.25) is 5.02 Å². The maximum Gasteiger partial charge on any atom is 0.337 e. The Morgan fingerprint density at radius 3 is 2.89 bits per heavy atom. The predicted molar refractivity (Wildman–Crippen MR) is 67.8 cm³/mol. The average molecular weight is 264 g/mol. The summed E-state index contributed by atoms with van der Waals surface area (Å²) in [5.74, 6) is -0.603. The van der Waals surface area contributed by atoms with E-state index in [1.807, 2.05) is 12.1 Å². The number of halogens is 1. The van der Waals surface area contributed by atoms with E-state index >= 15 is 0 Å². The van der Waals surface area contributed by atoms with Gasteiger partial charge in [0.25, 0.3) is 0 Å². The molecule has 5 nitrogen and oxygen atoms in total. The molecule has 2 rings (SSSR count). The zero-order chi connectivity index (χ0) is 13.0. The third kappa shape index (κ3) is 2.95. The number of rotatable bonds is 4. The summed E-state index contributed by atoms with van der Waals surface area (Å²) >= 11 is 5.94. The van der Waals surface area contributed by atoms with Gasteiger partial charge in [0, 0.05) is 25.1 Å². The van der Waals surface area contributed by atoms with Crippen molar-refractivity contribution < 1.29 is 9.90 Å². The number of nitrogens with one attached hydrogen (secondary N) is 1. The fourth-order valence-electron chi connectivity index (χ4n) is 1.37. The van der Waals surface area contributed by atoms with E-state index in [0.717, 1.165) is 5.56 Å². The second-order valence-corrected chi connectivity index (χ2v) is 3.98. The van der Waals surface area contributed by atoms with Crippen molar-refractivity contribution in [2.24, 2.45) is 0 Å². The van der Waals surface area contributed by atoms with E-state index in [1.54, 1.807) is 12.4 Å². The Balaban J connectivity index is 2.08. The standard InChI is InChI=1S/C12H10ClN3O2/c13-10-4-9(12(17)18)7-16-11(10)15-6-8-2-1-3-14-5-8/h1-5,7H,6H2,(H,15,16)(H,17,18). The minimum atomic E-state index is -1.05. The third-order valence-corrected chi connectivity index (χ3v) is 2.56. The number of carboxylic acids is 1. The van der Waals surface area contributed by atoms with Crippen LogP contribution >= 0.6 is 11.6 Å². The first kappa shape index (κ1) is 12.3. The predicted octanol–water partition coefficient (Wildman–Crippen LogP) is 2.44. The molecule has 0 amide bonds. The molecule has 0 bridgehead atoms. The lowest BCUT2D eigenvalue weighted by atomic mass is 10.2. The van der Waals surface area contributed by atoms with Crippen molar-refractivity contribution in [2.75, 3.05) is 5.32 Å². The van der Waals surface area contributed by atoms with Crippen LogP contribution in [-0.4, -0.2) is 21.0 Å². The van der Waals surface area contributed by atoms with Crippen LogP contribution < -0.4 is 5.32 Å². The molecule has 0 saturated heterocycles. The summed E-state index contributed by atoms with van der Waals surface area (Å²) in [6.07, 6.45) is 4.68. The summed E-state index contributed by atoms with van der Waals surface area (Å²) < 4.78 is 0. The molecule has 0 spiro atoms. The van der Waals surface area contributed by atoms with Gasteiger partial charge in [-0.15, -0.1) is 0 Å². The van der Waals surface area contributed by atoms with Gasteiger partial charge < -0.3 is 10.4 Å². The summed E-state index contributed by atoms with van der Waals surface area (Å²) in [7, 11) is 0. The normalized spacial score (nSPS) is 10.1. The van der Waals surface area contributed by atoms with Crippen LogP contribution in [0.3, 0.4) is 0 Å². The summed E-state index contributed by atoms with van der Waals surface area (Å²) in [5.41, 5.74) is 1.05. The molecule has 2 aromatic rings. The Labute approximate surface area is 108 Å². The van der Waals surface area contributed by atoms with Crippen molar-refractivity contribution in [3.8, 4) is 0 Å². The van der Waals surface area contributed by atoms with Crippen molar-refractivity contribution in [1.29, 1.82) is 0 Å². The SMILES string of the molecule is O=C(O)c1cnc(NCc2cccnc2)c(Cl)c1. The van der Waals surface area contributed by atoms with E-state index in [0.29, 0.717) is 12.4 Å². The Bertz CT molecular complexity index is 561. The maximum atomic E-state index is 10.7. The highest BCUT2D eigenvalue weighted by molar-refractivity contribution is 6.33. The smallest absolute Gasteiger partial charge is 0.337 e. The van der Waals surface area contributed by atoms with Gasteiger partial charge in [-0.25, -0.2) is 9.78 Å². The van der Waals surface area contributed by atoms with E-state index in [4.69, 9.17) is 16.7 Å². The molecule has 0 aliphatic carbocycles. The molecule has 0 atom stereocenters. The summed E-state index contributed by atoms with van der Waals surface area (Å²) in [6.45, 7) is 0.521. The summed E-state index contributed by atoms with van der Waals surface area (Å²) in [4.78, 5) is 18.7. The van der Waals surface area contributed by atoms with Crippen molar-refractivity contribution in [1.82, 2.24) is 9.97 Å². The van der Waals surface area contributed by atoms with Crippen molar-refractivity contribution in [3.63, 3.8) is 0 Å². The average Bonchev–Trinajstić information content (AvgIpc) is 2.38. The highest BCUT2D eigenvalue weighted by atomic mass is 35.5. The van der Waals surface area contributed by atoms with Gasteiger partial charge >= 0.3 is 5.97 Å². The molecule has 2 heterocycles. The number of hydrogen-bond acceptors (Lipinski definition) is 4. The Hall–Kier alpha value is -2.14. The molecule has 0 radical (unpaired) electrons. The Kier molecular flexibility index (Phi) is 3.74. The first-order valence-corrected chi connectivity index (χ1v) is 5.56. The van der Waals surface area contributed by atoms with Gasteiger partial charge in [-0.1, -0.05) is 17.7 Å². The number of carbonyl (C=O) groups is 1. The second kappa shape index (κ2) is 5.46. The van der Waals surface area contributed by atoms with Gasteiger partial charge in [0.2, 0.25) is 0 Å². The lowest BCUT2D eigenvalue weighted by Gasteiger charge is -2.07. The Morgan fingerprint density at radius 1 is 1.44 bits per heavy atom. The number of aromatic nitrogens is 2. The zero-order valence-corrected chi connectivity index (χ0v) is 10.1. The number of carboxylic acid groups (broad SMARTS) is 1. The molecule has 18 heavy (non-hydrogen) atoms. The number of pyridine rings is 2. The van der Waals surface area contributed by atoms with Crippen LogP contribution in [0, 0.1) is 0 Å². The van der Waals surface area contributed by atoms with Gasteiger partial charge in [-0.2, -0.15) is 0 Å². The van der Waals surface area contributed by atoms with E-state index in [1.165, 1.54) is 12.3 Å². The monoisotopic (exact) mass is 263 g/mol. The fourth-order valence-corrected chi connectivity index (χ4v) is 1.61. The van der Waals surface area contributed by atoms with E-state index in [9.17, 15) is 4.79 Å². The Morgan fingerprint density at radius 2 is 2.28 bits per heavy atom. The molecule has 2 aromatic heterocycles. The first-order valence-electron chi connectivity index (χ1n) is 5.18. The quantitative estimate of drug-likeness (QED) is 0.886. The highest BCUT2D eigenvalue weighted by Crippen LogP contribution is 2.20. The molecule has 92 valence electrons. The van der Waals surface area contributed by atoms with E-state index in [-0.39, 0.29) is 10.6 Å². The number of hydrogen-bond donors (Lipinski definition) is 2. The van der Waals surface area contributed by atoms with Gasteiger partial charge in [-0.3, -0.25) is 4.98 Å².